The Bertz CT molecular complexity index is 953. The van der Waals surface area contributed by atoms with E-state index < -0.39 is 35.7 Å². The highest BCUT2D eigenvalue weighted by Crippen LogP contribution is 2.30. The molecule has 0 radical (unpaired) electrons. The Morgan fingerprint density at radius 3 is 2.59 bits per heavy atom. The summed E-state index contributed by atoms with van der Waals surface area (Å²) < 4.78 is 13.7. The summed E-state index contributed by atoms with van der Waals surface area (Å²) in [5.41, 5.74) is -1.02. The highest BCUT2D eigenvalue weighted by atomic mass is 35.5. The minimum Gasteiger partial charge on any atom is -0.322 e. The molecule has 1 aliphatic rings. The minimum absolute atomic E-state index is 0.142. The largest absolute Gasteiger partial charge is 0.325 e. The van der Waals surface area contributed by atoms with E-state index >= 15 is 0 Å². The maximum atomic E-state index is 13.7. The molecule has 0 spiro atoms. The normalized spacial score (nSPS) is 19.2. The van der Waals surface area contributed by atoms with Crippen molar-refractivity contribution >= 4 is 46.7 Å². The molecule has 9 heteroatoms. The number of urea groups is 1. The SMILES string of the molecule is CC1(c2cccc(Cl)c2)NC(=O)N(CC(=O)Nc2cc(Cl)ccc2F)C1=O. The molecule has 1 heterocycles. The Hall–Kier alpha value is -2.64. The van der Waals surface area contributed by atoms with Gasteiger partial charge < -0.3 is 10.6 Å². The summed E-state index contributed by atoms with van der Waals surface area (Å²) in [5.74, 6) is -2.04. The van der Waals surface area contributed by atoms with Crippen LogP contribution in [0.4, 0.5) is 14.9 Å². The molecule has 1 fully saturated rings. The van der Waals surface area contributed by atoms with Crippen LogP contribution in [0.25, 0.3) is 0 Å². The number of nitrogens with zero attached hydrogens (tertiary/aromatic N) is 1. The van der Waals surface area contributed by atoms with Crippen molar-refractivity contribution in [3.63, 3.8) is 0 Å². The number of anilines is 1. The summed E-state index contributed by atoms with van der Waals surface area (Å²) in [6.07, 6.45) is 0. The van der Waals surface area contributed by atoms with Gasteiger partial charge in [-0.15, -0.1) is 0 Å². The Kier molecular flexibility index (Phi) is 5.08. The lowest BCUT2D eigenvalue weighted by atomic mass is 9.92. The molecular formula is C18H14Cl2FN3O3. The molecule has 4 amide bonds. The Balaban J connectivity index is 1.77. The molecular weight excluding hydrogens is 396 g/mol. The molecule has 27 heavy (non-hydrogen) atoms. The van der Waals surface area contributed by atoms with Crippen LogP contribution >= 0.6 is 23.2 Å². The fourth-order valence-corrected chi connectivity index (χ4v) is 3.12. The van der Waals surface area contributed by atoms with Crippen molar-refractivity contribution < 1.29 is 18.8 Å². The molecule has 1 atom stereocenters. The average Bonchev–Trinajstić information content (AvgIpc) is 2.82. The van der Waals surface area contributed by atoms with Gasteiger partial charge in [0.2, 0.25) is 5.91 Å². The van der Waals surface area contributed by atoms with Crippen LogP contribution in [0.3, 0.4) is 0 Å². The number of halogens is 3. The number of carbonyl (C=O) groups is 3. The first-order valence-electron chi connectivity index (χ1n) is 7.86. The van der Waals surface area contributed by atoms with Gasteiger partial charge in [0.15, 0.2) is 0 Å². The van der Waals surface area contributed by atoms with Crippen molar-refractivity contribution in [3.8, 4) is 0 Å². The van der Waals surface area contributed by atoms with Gasteiger partial charge in [0.25, 0.3) is 5.91 Å². The minimum atomic E-state index is -1.36. The van der Waals surface area contributed by atoms with Crippen LogP contribution < -0.4 is 10.6 Å². The van der Waals surface area contributed by atoms with Crippen molar-refractivity contribution in [1.82, 2.24) is 10.2 Å². The molecule has 0 bridgehead atoms. The molecule has 6 nitrogen and oxygen atoms in total. The molecule has 1 saturated heterocycles. The van der Waals surface area contributed by atoms with Crippen LogP contribution in [-0.4, -0.2) is 29.3 Å². The number of rotatable bonds is 4. The third-order valence-electron chi connectivity index (χ3n) is 4.18. The fourth-order valence-electron chi connectivity index (χ4n) is 2.76. The van der Waals surface area contributed by atoms with Gasteiger partial charge in [-0.2, -0.15) is 0 Å². The topological polar surface area (TPSA) is 78.5 Å². The van der Waals surface area contributed by atoms with E-state index in [0.29, 0.717) is 10.6 Å². The number of amides is 4. The Labute approximate surface area is 164 Å². The molecule has 2 aromatic carbocycles. The van der Waals surface area contributed by atoms with E-state index in [0.717, 1.165) is 11.0 Å². The predicted molar refractivity (Wildman–Crippen MR) is 99.1 cm³/mol. The lowest BCUT2D eigenvalue weighted by Crippen LogP contribution is -2.42. The van der Waals surface area contributed by atoms with E-state index in [1.807, 2.05) is 0 Å². The maximum absolute atomic E-state index is 13.7. The molecule has 140 valence electrons. The number of hydrogen-bond acceptors (Lipinski definition) is 3. The summed E-state index contributed by atoms with van der Waals surface area (Å²) in [7, 11) is 0. The summed E-state index contributed by atoms with van der Waals surface area (Å²) in [6.45, 7) is 0.945. The maximum Gasteiger partial charge on any atom is 0.325 e. The molecule has 1 unspecified atom stereocenters. The summed E-state index contributed by atoms with van der Waals surface area (Å²) >= 11 is 11.7. The second-order valence-corrected chi connectivity index (χ2v) is 7.00. The number of benzene rings is 2. The average molecular weight is 410 g/mol. The monoisotopic (exact) mass is 409 g/mol. The van der Waals surface area contributed by atoms with E-state index in [2.05, 4.69) is 10.6 Å². The lowest BCUT2D eigenvalue weighted by molar-refractivity contribution is -0.133. The van der Waals surface area contributed by atoms with Crippen LogP contribution in [-0.2, 0) is 15.1 Å². The zero-order valence-electron chi connectivity index (χ0n) is 14.1. The van der Waals surface area contributed by atoms with E-state index in [1.165, 1.54) is 19.1 Å². The highest BCUT2D eigenvalue weighted by Gasteiger charge is 2.49. The van der Waals surface area contributed by atoms with Crippen molar-refractivity contribution in [2.24, 2.45) is 0 Å². The molecule has 2 aromatic rings. The van der Waals surface area contributed by atoms with Gasteiger partial charge in [-0.05, 0) is 42.8 Å². The first kappa shape index (κ1) is 19.1. The Morgan fingerprint density at radius 2 is 1.89 bits per heavy atom. The first-order valence-corrected chi connectivity index (χ1v) is 8.61. The van der Waals surface area contributed by atoms with E-state index in [4.69, 9.17) is 23.2 Å². The van der Waals surface area contributed by atoms with Crippen molar-refractivity contribution in [3.05, 3.63) is 63.9 Å². The van der Waals surface area contributed by atoms with Gasteiger partial charge in [-0.25, -0.2) is 9.18 Å². The highest BCUT2D eigenvalue weighted by molar-refractivity contribution is 6.31. The molecule has 0 aliphatic carbocycles. The van der Waals surface area contributed by atoms with E-state index in [1.54, 1.807) is 24.3 Å². The van der Waals surface area contributed by atoms with Gasteiger partial charge in [0.1, 0.15) is 17.9 Å². The van der Waals surface area contributed by atoms with Gasteiger partial charge in [0, 0.05) is 10.0 Å². The molecule has 0 aromatic heterocycles. The van der Waals surface area contributed by atoms with Crippen LogP contribution in [0, 0.1) is 5.82 Å². The molecule has 2 N–H and O–H groups in total. The van der Waals surface area contributed by atoms with Crippen LogP contribution in [0.5, 0.6) is 0 Å². The van der Waals surface area contributed by atoms with Gasteiger partial charge in [-0.1, -0.05) is 35.3 Å². The summed E-state index contributed by atoms with van der Waals surface area (Å²) in [6, 6.07) is 9.43. The van der Waals surface area contributed by atoms with Gasteiger partial charge in [-0.3, -0.25) is 14.5 Å². The third kappa shape index (κ3) is 3.74. The zero-order valence-corrected chi connectivity index (χ0v) is 15.6. The lowest BCUT2D eigenvalue weighted by Gasteiger charge is -2.22. The summed E-state index contributed by atoms with van der Waals surface area (Å²) in [4.78, 5) is 38.0. The van der Waals surface area contributed by atoms with Gasteiger partial charge in [0.05, 0.1) is 5.69 Å². The Morgan fingerprint density at radius 1 is 1.19 bits per heavy atom. The zero-order chi connectivity index (χ0) is 19.8. The van der Waals surface area contributed by atoms with Crippen molar-refractivity contribution in [2.75, 3.05) is 11.9 Å². The quantitative estimate of drug-likeness (QED) is 0.757. The van der Waals surface area contributed by atoms with Crippen LogP contribution in [0.15, 0.2) is 42.5 Å². The number of imide groups is 1. The second-order valence-electron chi connectivity index (χ2n) is 6.13. The molecule has 3 rings (SSSR count). The van der Waals surface area contributed by atoms with Crippen molar-refractivity contribution in [1.29, 1.82) is 0 Å². The number of carbonyl (C=O) groups excluding carboxylic acids is 3. The van der Waals surface area contributed by atoms with Gasteiger partial charge >= 0.3 is 6.03 Å². The predicted octanol–water partition coefficient (Wildman–Crippen LogP) is 3.54. The van der Waals surface area contributed by atoms with Crippen molar-refractivity contribution in [2.45, 2.75) is 12.5 Å². The number of hydrogen-bond donors (Lipinski definition) is 2. The molecule has 0 saturated carbocycles. The first-order chi connectivity index (χ1) is 12.7. The number of nitrogens with one attached hydrogen (secondary N) is 2. The van der Waals surface area contributed by atoms with E-state index in [-0.39, 0.29) is 10.7 Å². The van der Waals surface area contributed by atoms with Crippen LogP contribution in [0.2, 0.25) is 10.0 Å². The molecule has 1 aliphatic heterocycles. The van der Waals surface area contributed by atoms with Crippen LogP contribution in [0.1, 0.15) is 12.5 Å². The third-order valence-corrected chi connectivity index (χ3v) is 4.65. The smallest absolute Gasteiger partial charge is 0.322 e. The standard InChI is InChI=1S/C18H14Cl2FN3O3/c1-18(10-3-2-4-11(19)7-10)16(26)24(17(27)23-18)9-15(25)22-14-8-12(20)5-6-13(14)21/h2-8H,9H2,1H3,(H,22,25)(H,23,27). The summed E-state index contributed by atoms with van der Waals surface area (Å²) in [5, 5.41) is 5.51. The van der Waals surface area contributed by atoms with E-state index in [9.17, 15) is 18.8 Å². The second kappa shape index (κ2) is 7.17. The fraction of sp³-hybridized carbons (Fsp3) is 0.167.